The molecule has 0 N–H and O–H groups in total. The lowest BCUT2D eigenvalue weighted by molar-refractivity contribution is -0.385. The van der Waals surface area contributed by atoms with Crippen LogP contribution >= 0.6 is 7.53 Å². The SMILES string of the molecule is C/C=C\CCCC(C)c1ccc(COc2ccc(C)cc2C2CCC2)cc1[N+](=O)[O-].CC.CC.CC.CCC[C@@]12Cc3c(p(Cc4ccccc4)c4ccccc34)CC1C[C@@H]1C2N1CC1CC1. The van der Waals surface area contributed by atoms with Crippen LogP contribution in [0.4, 0.5) is 5.69 Å². The molecule has 0 radical (unpaired) electrons. The van der Waals surface area contributed by atoms with Gasteiger partial charge < -0.3 is 4.74 Å². The van der Waals surface area contributed by atoms with Crippen LogP contribution in [0.5, 0.6) is 5.75 Å². The van der Waals surface area contributed by atoms with Gasteiger partial charge >= 0.3 is 0 Å². The number of hydrogen-bond donors (Lipinski definition) is 0. The first-order valence-electron chi connectivity index (χ1n) is 26.8. The van der Waals surface area contributed by atoms with Gasteiger partial charge in [-0.15, -0.1) is 7.53 Å². The molecule has 4 aliphatic carbocycles. The molecule has 1 saturated heterocycles. The van der Waals surface area contributed by atoms with E-state index in [9.17, 15) is 10.1 Å². The average molecular weight is 925 g/mol. The van der Waals surface area contributed by atoms with Crippen LogP contribution in [0.3, 0.4) is 0 Å². The van der Waals surface area contributed by atoms with Gasteiger partial charge in [0.1, 0.15) is 12.4 Å². The first kappa shape index (κ1) is 52.2. The van der Waals surface area contributed by atoms with Crippen molar-refractivity contribution in [3.63, 3.8) is 0 Å². The summed E-state index contributed by atoms with van der Waals surface area (Å²) >= 11 is 0. The normalized spacial score (nSPS) is 22.7. The quantitative estimate of drug-likeness (QED) is 0.0325. The first-order valence-corrected chi connectivity index (χ1v) is 28.3. The summed E-state index contributed by atoms with van der Waals surface area (Å²) in [5, 5.41) is 16.9. The molecule has 5 aliphatic rings. The number of fused-ring (bicyclic) bond motifs is 6. The number of aryl methyl sites for hydroxylation is 1. The second kappa shape index (κ2) is 24.9. The third-order valence-corrected chi connectivity index (χ3v) is 18.1. The monoisotopic (exact) mass is 925 g/mol. The van der Waals surface area contributed by atoms with E-state index in [0.29, 0.717) is 17.9 Å². The Morgan fingerprint density at radius 3 is 2.31 bits per heavy atom. The molecule has 5 unspecified atom stereocenters. The highest BCUT2D eigenvalue weighted by Crippen LogP contribution is 2.67. The van der Waals surface area contributed by atoms with Gasteiger partial charge in [-0.05, 0) is 153 Å². The summed E-state index contributed by atoms with van der Waals surface area (Å²) in [6, 6.07) is 34.5. The highest BCUT2D eigenvalue weighted by Gasteiger charge is 2.68. The molecule has 5 aromatic rings. The highest BCUT2D eigenvalue weighted by atomic mass is 31.1. The minimum absolute atomic E-state index is 0.160. The Balaban J connectivity index is 0.000000199. The summed E-state index contributed by atoms with van der Waals surface area (Å²) in [6.07, 6.45) is 22.1. The summed E-state index contributed by atoms with van der Waals surface area (Å²) in [6.45, 7) is 22.4. The maximum atomic E-state index is 11.7. The van der Waals surface area contributed by atoms with E-state index in [1.54, 1.807) is 22.1 Å². The van der Waals surface area contributed by atoms with E-state index in [0.717, 1.165) is 60.1 Å². The average Bonchev–Trinajstić information content (AvgIpc) is 4.25. The Labute approximate surface area is 407 Å². The molecule has 0 amide bonds. The van der Waals surface area contributed by atoms with Crippen LogP contribution in [0.25, 0.3) is 10.5 Å². The van der Waals surface area contributed by atoms with Gasteiger partial charge in [0, 0.05) is 41.5 Å². The third-order valence-electron chi connectivity index (χ3n) is 15.4. The minimum atomic E-state index is -0.257. The number of likely N-dealkylation sites (tertiary alicyclic amines) is 1. The number of rotatable bonds is 16. The molecule has 5 nitrogen and oxygen atoms in total. The van der Waals surface area contributed by atoms with Crippen molar-refractivity contribution >= 4 is 23.7 Å². The topological polar surface area (TPSA) is 55.4 Å². The summed E-state index contributed by atoms with van der Waals surface area (Å²) in [5.74, 6) is 3.63. The molecule has 10 rings (SSSR count). The molecular weight excluding hydrogens is 840 g/mol. The fraction of sp³-hybridized carbons (Fsp3) is 0.541. The fourth-order valence-corrected chi connectivity index (χ4v) is 14.8. The van der Waals surface area contributed by atoms with Crippen LogP contribution in [0, 0.1) is 34.3 Å². The second-order valence-electron chi connectivity index (χ2n) is 19.5. The molecule has 1 aromatic heterocycles. The molecule has 6 heteroatoms. The van der Waals surface area contributed by atoms with Crippen LogP contribution in [0.15, 0.2) is 103 Å². The van der Waals surface area contributed by atoms with E-state index >= 15 is 0 Å². The van der Waals surface area contributed by atoms with E-state index in [4.69, 9.17) is 4.74 Å². The Morgan fingerprint density at radius 2 is 1.64 bits per heavy atom. The smallest absolute Gasteiger partial charge is 0.273 e. The first-order chi connectivity index (χ1) is 32.8. The van der Waals surface area contributed by atoms with Gasteiger partial charge in [0.2, 0.25) is 0 Å². The fourth-order valence-electron chi connectivity index (χ4n) is 11.8. The highest BCUT2D eigenvalue weighted by molar-refractivity contribution is 7.56. The van der Waals surface area contributed by atoms with Crippen molar-refractivity contribution in [1.82, 2.24) is 4.90 Å². The number of allylic oxidation sites excluding steroid dienone is 2. The van der Waals surface area contributed by atoms with E-state index in [1.807, 2.05) is 78.0 Å². The number of benzene rings is 4. The summed E-state index contributed by atoms with van der Waals surface area (Å²) in [5.41, 5.74) is 8.26. The van der Waals surface area contributed by atoms with Crippen molar-refractivity contribution in [2.24, 2.45) is 17.3 Å². The molecule has 0 spiro atoms. The van der Waals surface area contributed by atoms with Gasteiger partial charge in [0.05, 0.1) is 4.92 Å². The van der Waals surface area contributed by atoms with Crippen molar-refractivity contribution < 1.29 is 9.66 Å². The maximum absolute atomic E-state index is 11.7. The number of ether oxygens (including phenoxy) is 1. The molecular formula is C61H85N2O3P. The molecule has 4 fully saturated rings. The lowest BCUT2D eigenvalue weighted by atomic mass is 9.64. The molecule has 4 aromatic carbocycles. The van der Waals surface area contributed by atoms with Crippen molar-refractivity contribution in [3.8, 4) is 5.75 Å². The lowest BCUT2D eigenvalue weighted by Crippen LogP contribution is -2.41. The van der Waals surface area contributed by atoms with Crippen LogP contribution in [0.1, 0.15) is 183 Å². The van der Waals surface area contributed by atoms with Gasteiger partial charge in [-0.25, -0.2) is 0 Å². The molecule has 7 atom stereocenters. The zero-order valence-corrected chi connectivity index (χ0v) is 44.1. The Morgan fingerprint density at radius 1 is 0.910 bits per heavy atom. The van der Waals surface area contributed by atoms with Crippen LogP contribution < -0.4 is 4.74 Å². The molecule has 0 bridgehead atoms. The Bertz CT molecular complexity index is 2360. The van der Waals surface area contributed by atoms with Gasteiger partial charge in [-0.1, -0.05) is 165 Å². The third kappa shape index (κ3) is 12.0. The number of hydrogen-bond acceptors (Lipinski definition) is 4. The summed E-state index contributed by atoms with van der Waals surface area (Å²) in [4.78, 5) is 14.4. The Kier molecular flexibility index (Phi) is 19.4. The number of nitro benzene ring substituents is 1. The van der Waals surface area contributed by atoms with E-state index in [2.05, 4.69) is 98.5 Å². The molecule has 67 heavy (non-hydrogen) atoms. The molecule has 1 aliphatic heterocycles. The predicted octanol–water partition coefficient (Wildman–Crippen LogP) is 17.9. The van der Waals surface area contributed by atoms with Crippen molar-refractivity contribution in [3.05, 3.63) is 152 Å². The summed E-state index contributed by atoms with van der Waals surface area (Å²) < 4.78 is 6.13. The largest absolute Gasteiger partial charge is 0.489 e. The van der Waals surface area contributed by atoms with Crippen molar-refractivity contribution in [1.29, 1.82) is 0 Å². The van der Waals surface area contributed by atoms with E-state index in [-0.39, 0.29) is 24.1 Å². The summed E-state index contributed by atoms with van der Waals surface area (Å²) in [7, 11) is -0.198. The van der Waals surface area contributed by atoms with Crippen LogP contribution in [-0.4, -0.2) is 28.5 Å². The molecule has 2 heterocycles. The van der Waals surface area contributed by atoms with Gasteiger partial charge in [0.15, 0.2) is 0 Å². The van der Waals surface area contributed by atoms with E-state index < -0.39 is 0 Å². The van der Waals surface area contributed by atoms with E-state index in [1.165, 1.54) is 93.6 Å². The van der Waals surface area contributed by atoms with Crippen molar-refractivity contribution in [2.45, 2.75) is 189 Å². The zero-order valence-electron chi connectivity index (χ0n) is 43.2. The number of nitro groups is 1. The van der Waals surface area contributed by atoms with Crippen LogP contribution in [-0.2, 0) is 25.6 Å². The standard InChI is InChI=1S/C29H34NP.C26H33NO3.3C2H6/c1-2-14-29-17-24-23-10-6-7-11-26(23)31(19-21-8-4-3-5-9-21)27(24)16-22(29)15-25-28(29)30(25)18-20-12-13-20;1-4-5-6-7-9-20(3)23-14-13-21(17-25(23)27(28)29)18-30-26-15-12-19(2)16-24(26)22-10-8-11-22;3*1-2/h3-11,20,22,25,28H,2,12-19H2,1H3;4-5,12-17,20,22H,6-11,18H2,1-3H3;3*1-2H3/b;5-4-;;;/t22?,25-,28?,29-,30?,31?;;;;/m1..../s1. The molecule has 3 saturated carbocycles. The van der Waals surface area contributed by atoms with Gasteiger partial charge in [0.25, 0.3) is 5.69 Å². The maximum Gasteiger partial charge on any atom is 0.273 e. The van der Waals surface area contributed by atoms with Crippen LogP contribution in [0.2, 0.25) is 0 Å². The molecule has 362 valence electrons. The Hall–Kier alpha value is -4.18. The van der Waals surface area contributed by atoms with Crippen molar-refractivity contribution in [2.75, 3.05) is 6.54 Å². The van der Waals surface area contributed by atoms with Gasteiger partial charge in [-0.2, -0.15) is 0 Å². The van der Waals surface area contributed by atoms with Gasteiger partial charge in [-0.3, -0.25) is 15.0 Å². The minimum Gasteiger partial charge on any atom is -0.489 e. The number of unbranched alkanes of at least 4 members (excludes halogenated alkanes) is 1. The lowest BCUT2D eigenvalue weighted by Gasteiger charge is -2.43. The zero-order chi connectivity index (χ0) is 48.1. The second-order valence-corrected chi connectivity index (χ2v) is 21.7. The predicted molar refractivity (Wildman–Crippen MR) is 288 cm³/mol. The number of piperidine rings is 1. The number of nitrogens with zero attached hydrogens (tertiary/aromatic N) is 2.